The van der Waals surface area contributed by atoms with Gasteiger partial charge in [-0.3, -0.25) is 10.2 Å². The van der Waals surface area contributed by atoms with Gasteiger partial charge in [-0.1, -0.05) is 6.07 Å². The summed E-state index contributed by atoms with van der Waals surface area (Å²) < 4.78 is 39.7. The number of nitrogens with zero attached hydrogens (tertiary/aromatic N) is 2. The summed E-state index contributed by atoms with van der Waals surface area (Å²) in [5.41, 5.74) is 6.28. The Bertz CT molecular complexity index is 1320. The van der Waals surface area contributed by atoms with Crippen LogP contribution in [-0.2, 0) is 4.79 Å². The predicted molar refractivity (Wildman–Crippen MR) is 136 cm³/mol. The van der Waals surface area contributed by atoms with Crippen LogP contribution in [0.5, 0.6) is 11.5 Å². The molecule has 0 saturated heterocycles. The molecule has 0 aliphatic carbocycles. The molecule has 36 heavy (non-hydrogen) atoms. The number of carbonyl (C=O) groups is 1. The number of aromatic nitrogens is 2. The molecule has 0 radical (unpaired) electrons. The first-order valence-electron chi connectivity index (χ1n) is 10.8. The minimum Gasteiger partial charge on any atom is -0.488 e. The molecule has 3 rings (SSSR count). The van der Waals surface area contributed by atoms with Crippen molar-refractivity contribution < 1.29 is 23.0 Å². The highest BCUT2D eigenvalue weighted by Gasteiger charge is 2.21. The van der Waals surface area contributed by atoms with Crippen molar-refractivity contribution in [2.45, 2.75) is 32.9 Å². The van der Waals surface area contributed by atoms with Crippen molar-refractivity contribution in [2.75, 3.05) is 11.1 Å². The largest absolute Gasteiger partial charge is 0.488 e. The van der Waals surface area contributed by atoms with Crippen molar-refractivity contribution >= 4 is 39.6 Å². The first-order valence-corrected chi connectivity index (χ1v) is 11.6. The number of hydrogen-bond acceptors (Lipinski definition) is 8. The number of halogens is 3. The number of hydrogen-bond donors (Lipinski definition) is 3. The topological polar surface area (TPSA) is 123 Å². The summed E-state index contributed by atoms with van der Waals surface area (Å²) in [5, 5.41) is 11.7. The SMILES string of the molecule is CC(C)Oc1ccc(C(=N)c2c(N)ncnc2NC(C)/C(=C/C=O)Oc2cccc(F)c2Br)cc1F. The van der Waals surface area contributed by atoms with E-state index in [1.54, 1.807) is 20.8 Å². The van der Waals surface area contributed by atoms with Crippen LogP contribution in [0.1, 0.15) is 31.9 Å². The Morgan fingerprint density at radius 1 is 1.14 bits per heavy atom. The van der Waals surface area contributed by atoms with Crippen molar-refractivity contribution in [2.24, 2.45) is 0 Å². The normalized spacial score (nSPS) is 12.2. The molecule has 11 heteroatoms. The van der Waals surface area contributed by atoms with Crippen molar-refractivity contribution in [3.63, 3.8) is 0 Å². The van der Waals surface area contributed by atoms with Crippen molar-refractivity contribution in [3.05, 3.63) is 81.8 Å². The van der Waals surface area contributed by atoms with Crippen LogP contribution in [0.15, 0.2) is 59.0 Å². The second-order valence-electron chi connectivity index (χ2n) is 7.89. The lowest BCUT2D eigenvalue weighted by Crippen LogP contribution is -2.25. The maximum Gasteiger partial charge on any atom is 0.165 e. The van der Waals surface area contributed by atoms with Crippen LogP contribution in [0.25, 0.3) is 0 Å². The lowest BCUT2D eigenvalue weighted by molar-refractivity contribution is -0.104. The van der Waals surface area contributed by atoms with E-state index in [1.807, 2.05) is 0 Å². The van der Waals surface area contributed by atoms with Gasteiger partial charge in [-0.2, -0.15) is 0 Å². The number of nitrogens with one attached hydrogen (secondary N) is 2. The van der Waals surface area contributed by atoms with Crippen LogP contribution in [0.4, 0.5) is 20.4 Å². The highest BCUT2D eigenvalue weighted by atomic mass is 79.9. The highest BCUT2D eigenvalue weighted by Crippen LogP contribution is 2.30. The number of aldehydes is 1. The molecule has 3 aromatic rings. The van der Waals surface area contributed by atoms with Crippen LogP contribution in [0.2, 0.25) is 0 Å². The first kappa shape index (κ1) is 26.7. The first-order chi connectivity index (χ1) is 17.1. The van der Waals surface area contributed by atoms with E-state index in [4.69, 9.17) is 20.6 Å². The van der Waals surface area contributed by atoms with E-state index >= 15 is 0 Å². The summed E-state index contributed by atoms with van der Waals surface area (Å²) in [7, 11) is 0. The van der Waals surface area contributed by atoms with E-state index in [-0.39, 0.29) is 56.3 Å². The van der Waals surface area contributed by atoms with E-state index in [0.717, 1.165) is 0 Å². The van der Waals surface area contributed by atoms with Gasteiger partial charge in [0.05, 0.1) is 27.9 Å². The summed E-state index contributed by atoms with van der Waals surface area (Å²) in [6.45, 7) is 5.23. The number of anilines is 2. The molecule has 0 amide bonds. The van der Waals surface area contributed by atoms with Crippen LogP contribution in [0.3, 0.4) is 0 Å². The summed E-state index contributed by atoms with van der Waals surface area (Å²) in [5.74, 6) is -0.651. The smallest absolute Gasteiger partial charge is 0.165 e. The summed E-state index contributed by atoms with van der Waals surface area (Å²) >= 11 is 3.12. The average molecular weight is 560 g/mol. The maximum atomic E-state index is 14.6. The molecule has 0 fully saturated rings. The number of allylic oxidation sites excluding steroid dienone is 1. The number of carbonyl (C=O) groups excluding carboxylic acids is 1. The van der Waals surface area contributed by atoms with Crippen molar-refractivity contribution in [1.82, 2.24) is 9.97 Å². The zero-order valence-electron chi connectivity index (χ0n) is 19.7. The minimum atomic E-state index is -0.676. The van der Waals surface area contributed by atoms with Gasteiger partial charge < -0.3 is 20.5 Å². The van der Waals surface area contributed by atoms with Crippen molar-refractivity contribution in [1.29, 1.82) is 5.41 Å². The Morgan fingerprint density at radius 2 is 1.89 bits per heavy atom. The Kier molecular flexibility index (Phi) is 8.70. The molecule has 8 nitrogen and oxygen atoms in total. The molecule has 1 heterocycles. The van der Waals surface area contributed by atoms with E-state index in [1.165, 1.54) is 48.8 Å². The molecule has 0 saturated carbocycles. The molecule has 1 unspecified atom stereocenters. The fourth-order valence-corrected chi connectivity index (χ4v) is 3.55. The number of nitrogens with two attached hydrogens (primary N) is 1. The second kappa shape index (κ2) is 11.7. The van der Waals surface area contributed by atoms with Gasteiger partial charge in [0.25, 0.3) is 0 Å². The summed E-state index contributed by atoms with van der Waals surface area (Å²) in [6, 6.07) is 7.71. The van der Waals surface area contributed by atoms with E-state index in [0.29, 0.717) is 6.29 Å². The Balaban J connectivity index is 1.91. The molecular formula is C25H24BrF2N5O3. The fraction of sp³-hybridized carbons (Fsp3) is 0.200. The maximum absolute atomic E-state index is 14.6. The quantitative estimate of drug-likeness (QED) is 0.134. The number of rotatable bonds is 10. The number of benzene rings is 2. The fourth-order valence-electron chi connectivity index (χ4n) is 3.21. The highest BCUT2D eigenvalue weighted by molar-refractivity contribution is 9.10. The predicted octanol–water partition coefficient (Wildman–Crippen LogP) is 5.27. The van der Waals surface area contributed by atoms with Gasteiger partial charge >= 0.3 is 0 Å². The van der Waals surface area contributed by atoms with Crippen LogP contribution in [-0.4, -0.2) is 34.1 Å². The van der Waals surface area contributed by atoms with Gasteiger partial charge in [0.2, 0.25) is 0 Å². The van der Waals surface area contributed by atoms with E-state index in [2.05, 4.69) is 31.2 Å². The van der Waals surface area contributed by atoms with Crippen LogP contribution >= 0.6 is 15.9 Å². The van der Waals surface area contributed by atoms with Gasteiger partial charge in [-0.25, -0.2) is 18.7 Å². The Labute approximate surface area is 215 Å². The molecule has 1 aromatic heterocycles. The summed E-state index contributed by atoms with van der Waals surface area (Å²) in [6.07, 6.45) is 2.69. The molecule has 0 bridgehead atoms. The van der Waals surface area contributed by atoms with Gasteiger partial charge in [0.1, 0.15) is 41.6 Å². The Hall–Kier alpha value is -3.86. The van der Waals surface area contributed by atoms with Gasteiger partial charge in [0, 0.05) is 11.6 Å². The van der Waals surface area contributed by atoms with Crippen molar-refractivity contribution in [3.8, 4) is 11.5 Å². The molecule has 188 valence electrons. The second-order valence-corrected chi connectivity index (χ2v) is 8.69. The van der Waals surface area contributed by atoms with Gasteiger partial charge in [0.15, 0.2) is 11.6 Å². The molecule has 0 aliphatic heterocycles. The van der Waals surface area contributed by atoms with Crippen LogP contribution < -0.4 is 20.5 Å². The lowest BCUT2D eigenvalue weighted by atomic mass is 10.0. The monoisotopic (exact) mass is 559 g/mol. The summed E-state index contributed by atoms with van der Waals surface area (Å²) in [4.78, 5) is 19.4. The average Bonchev–Trinajstić information content (AvgIpc) is 2.82. The molecule has 0 aliphatic rings. The lowest BCUT2D eigenvalue weighted by Gasteiger charge is -2.21. The third-order valence-electron chi connectivity index (χ3n) is 4.87. The molecular weight excluding hydrogens is 536 g/mol. The standard InChI is InChI=1S/C25H24BrF2N5O3/c1-13(2)35-19-8-7-15(11-17(19)28)23(29)21-24(30)31-12-32-25(21)33-14(3)18(9-10-34)36-20-6-4-5-16(27)22(20)26/h4-14,29H,1-3H3,(H3,30,31,32,33)/b18-9-,29-23?. The minimum absolute atomic E-state index is 0.0117. The Morgan fingerprint density at radius 3 is 2.56 bits per heavy atom. The van der Waals surface area contributed by atoms with Gasteiger partial charge in [-0.15, -0.1) is 0 Å². The molecule has 4 N–H and O–H groups in total. The molecule has 0 spiro atoms. The third-order valence-corrected chi connectivity index (χ3v) is 5.64. The van der Waals surface area contributed by atoms with Gasteiger partial charge in [-0.05, 0) is 67.0 Å². The zero-order valence-corrected chi connectivity index (χ0v) is 21.3. The molecule has 2 aromatic carbocycles. The number of ether oxygens (including phenoxy) is 2. The third kappa shape index (κ3) is 6.22. The van der Waals surface area contributed by atoms with Crippen LogP contribution in [0, 0.1) is 17.0 Å². The number of nitrogen functional groups attached to an aromatic ring is 1. The van der Waals surface area contributed by atoms with E-state index < -0.39 is 17.7 Å². The van der Waals surface area contributed by atoms with E-state index in [9.17, 15) is 13.6 Å². The molecule has 1 atom stereocenters. The zero-order chi connectivity index (χ0) is 26.4.